The number of rotatable bonds is 1. The van der Waals surface area contributed by atoms with E-state index in [1.807, 2.05) is 0 Å². The Morgan fingerprint density at radius 2 is 2.29 bits per heavy atom. The minimum absolute atomic E-state index is 0.765. The van der Waals surface area contributed by atoms with Gasteiger partial charge < -0.3 is 5.32 Å². The van der Waals surface area contributed by atoms with Crippen molar-refractivity contribution in [1.29, 1.82) is 0 Å². The van der Waals surface area contributed by atoms with Crippen LogP contribution in [0.25, 0.3) is 0 Å². The van der Waals surface area contributed by atoms with Gasteiger partial charge in [-0.1, -0.05) is 24.9 Å². The second kappa shape index (κ2) is 3.82. The first-order valence-corrected chi connectivity index (χ1v) is 5.61. The van der Waals surface area contributed by atoms with Crippen molar-refractivity contribution < 1.29 is 0 Å². The van der Waals surface area contributed by atoms with Crippen molar-refractivity contribution in [2.24, 2.45) is 5.92 Å². The number of aryl methyl sites for hydroxylation is 1. The van der Waals surface area contributed by atoms with Gasteiger partial charge in [0.05, 0.1) is 0 Å². The minimum Gasteiger partial charge on any atom is -0.385 e. The number of hydrogen-bond donors (Lipinski definition) is 1. The molecule has 2 rings (SSSR count). The smallest absolute Gasteiger partial charge is 0.0439 e. The summed E-state index contributed by atoms with van der Waals surface area (Å²) in [5.41, 5.74) is 3.81. The van der Waals surface area contributed by atoms with E-state index >= 15 is 0 Å². The Kier molecular flexibility index (Phi) is 2.69. The summed E-state index contributed by atoms with van der Waals surface area (Å²) in [6.45, 7) is 5.40. The summed E-state index contributed by atoms with van der Waals surface area (Å²) in [6, 6.07) is 4.27. The molecule has 0 spiro atoms. The molecule has 1 heterocycles. The fraction of sp³-hybridized carbons (Fsp3) is 0.500. The quantitative estimate of drug-likeness (QED) is 0.745. The standard InChI is InChI=1S/C12H16ClN/c1-3-9-5-10-6-11(13)8(2)4-12(10)14-7-9/h4,6,9,14H,3,5,7H2,1-2H3. The molecule has 1 N–H and O–H groups in total. The third-order valence-corrected chi connectivity index (χ3v) is 3.46. The molecule has 0 aromatic heterocycles. The van der Waals surface area contributed by atoms with Crippen molar-refractivity contribution in [2.45, 2.75) is 26.7 Å². The third-order valence-electron chi connectivity index (χ3n) is 3.05. The van der Waals surface area contributed by atoms with Crippen molar-refractivity contribution in [3.8, 4) is 0 Å². The second-order valence-electron chi connectivity index (χ2n) is 4.12. The molecule has 1 unspecified atom stereocenters. The van der Waals surface area contributed by atoms with Crippen molar-refractivity contribution in [3.63, 3.8) is 0 Å². The highest BCUT2D eigenvalue weighted by Crippen LogP contribution is 2.30. The van der Waals surface area contributed by atoms with E-state index in [4.69, 9.17) is 11.6 Å². The number of hydrogen-bond acceptors (Lipinski definition) is 1. The van der Waals surface area contributed by atoms with Crippen LogP contribution in [0.2, 0.25) is 5.02 Å². The van der Waals surface area contributed by atoms with E-state index in [0.717, 1.165) is 23.0 Å². The highest BCUT2D eigenvalue weighted by molar-refractivity contribution is 6.31. The first kappa shape index (κ1) is 9.85. The van der Waals surface area contributed by atoms with Gasteiger partial charge in [-0.2, -0.15) is 0 Å². The molecule has 1 aliphatic heterocycles. The van der Waals surface area contributed by atoms with E-state index in [9.17, 15) is 0 Å². The van der Waals surface area contributed by atoms with Crippen molar-refractivity contribution in [2.75, 3.05) is 11.9 Å². The van der Waals surface area contributed by atoms with Gasteiger partial charge in [0, 0.05) is 17.3 Å². The second-order valence-corrected chi connectivity index (χ2v) is 4.53. The lowest BCUT2D eigenvalue weighted by atomic mass is 9.91. The lowest BCUT2D eigenvalue weighted by molar-refractivity contribution is 0.520. The van der Waals surface area contributed by atoms with Crippen LogP contribution in [0.4, 0.5) is 5.69 Å². The fourth-order valence-corrected chi connectivity index (χ4v) is 2.17. The molecule has 0 saturated carbocycles. The lowest BCUT2D eigenvalue weighted by Crippen LogP contribution is -2.22. The molecule has 1 aliphatic rings. The largest absolute Gasteiger partial charge is 0.385 e. The Morgan fingerprint density at radius 3 is 3.00 bits per heavy atom. The maximum absolute atomic E-state index is 6.11. The molecule has 0 amide bonds. The van der Waals surface area contributed by atoms with Crippen LogP contribution in [0, 0.1) is 12.8 Å². The Hall–Kier alpha value is -0.690. The van der Waals surface area contributed by atoms with Crippen molar-refractivity contribution in [1.82, 2.24) is 0 Å². The third kappa shape index (κ3) is 1.74. The van der Waals surface area contributed by atoms with Crippen molar-refractivity contribution in [3.05, 3.63) is 28.3 Å². The Labute approximate surface area is 90.5 Å². The zero-order chi connectivity index (χ0) is 10.1. The summed E-state index contributed by atoms with van der Waals surface area (Å²) in [4.78, 5) is 0. The Bertz CT molecular complexity index is 346. The summed E-state index contributed by atoms with van der Waals surface area (Å²) in [5.74, 6) is 0.765. The van der Waals surface area contributed by atoms with Gasteiger partial charge in [-0.05, 0) is 42.5 Å². The zero-order valence-corrected chi connectivity index (χ0v) is 9.49. The lowest BCUT2D eigenvalue weighted by Gasteiger charge is -2.25. The van der Waals surface area contributed by atoms with Crippen LogP contribution in [0.3, 0.4) is 0 Å². The number of halogens is 1. The molecule has 0 saturated heterocycles. The van der Waals surface area contributed by atoms with Gasteiger partial charge in [0.1, 0.15) is 0 Å². The summed E-state index contributed by atoms with van der Waals surface area (Å²) >= 11 is 6.11. The van der Waals surface area contributed by atoms with E-state index < -0.39 is 0 Å². The summed E-state index contributed by atoms with van der Waals surface area (Å²) < 4.78 is 0. The van der Waals surface area contributed by atoms with Gasteiger partial charge in [-0.3, -0.25) is 0 Å². The molecular weight excluding hydrogens is 194 g/mol. The molecule has 2 heteroatoms. The zero-order valence-electron chi connectivity index (χ0n) is 8.73. The van der Waals surface area contributed by atoms with E-state index in [-0.39, 0.29) is 0 Å². The maximum Gasteiger partial charge on any atom is 0.0439 e. The SMILES string of the molecule is CCC1CNc2cc(C)c(Cl)cc2C1. The molecule has 0 fully saturated rings. The normalized spacial score (nSPS) is 20.1. The Morgan fingerprint density at radius 1 is 1.50 bits per heavy atom. The molecule has 1 aromatic carbocycles. The predicted molar refractivity (Wildman–Crippen MR) is 62.2 cm³/mol. The molecule has 1 aromatic rings. The van der Waals surface area contributed by atoms with E-state index in [1.54, 1.807) is 0 Å². The topological polar surface area (TPSA) is 12.0 Å². The van der Waals surface area contributed by atoms with Gasteiger partial charge in [-0.25, -0.2) is 0 Å². The molecule has 0 radical (unpaired) electrons. The number of fused-ring (bicyclic) bond motifs is 1. The molecule has 0 aliphatic carbocycles. The highest BCUT2D eigenvalue weighted by atomic mass is 35.5. The van der Waals surface area contributed by atoms with E-state index in [0.29, 0.717) is 0 Å². The molecular formula is C12H16ClN. The van der Waals surface area contributed by atoms with Crippen LogP contribution in [0.1, 0.15) is 24.5 Å². The van der Waals surface area contributed by atoms with Gasteiger partial charge in [0.2, 0.25) is 0 Å². The van der Waals surface area contributed by atoms with Crippen LogP contribution in [0.5, 0.6) is 0 Å². The first-order valence-electron chi connectivity index (χ1n) is 5.23. The van der Waals surface area contributed by atoms with Crippen LogP contribution >= 0.6 is 11.6 Å². The number of benzene rings is 1. The minimum atomic E-state index is 0.765. The van der Waals surface area contributed by atoms with Gasteiger partial charge in [0.15, 0.2) is 0 Å². The van der Waals surface area contributed by atoms with E-state index in [2.05, 4.69) is 31.3 Å². The van der Waals surface area contributed by atoms with Crippen LogP contribution in [-0.2, 0) is 6.42 Å². The summed E-state index contributed by atoms with van der Waals surface area (Å²) in [5, 5.41) is 4.36. The molecule has 76 valence electrons. The molecule has 14 heavy (non-hydrogen) atoms. The number of anilines is 1. The molecule has 1 nitrogen and oxygen atoms in total. The van der Waals surface area contributed by atoms with Crippen LogP contribution in [-0.4, -0.2) is 6.54 Å². The summed E-state index contributed by atoms with van der Waals surface area (Å²) in [6.07, 6.45) is 2.40. The Balaban J connectivity index is 2.33. The average Bonchev–Trinajstić information content (AvgIpc) is 2.19. The average molecular weight is 210 g/mol. The highest BCUT2D eigenvalue weighted by Gasteiger charge is 2.17. The maximum atomic E-state index is 6.11. The van der Waals surface area contributed by atoms with Crippen LogP contribution < -0.4 is 5.32 Å². The number of nitrogens with one attached hydrogen (secondary N) is 1. The van der Waals surface area contributed by atoms with Crippen molar-refractivity contribution >= 4 is 17.3 Å². The van der Waals surface area contributed by atoms with Gasteiger partial charge in [0.25, 0.3) is 0 Å². The summed E-state index contributed by atoms with van der Waals surface area (Å²) in [7, 11) is 0. The van der Waals surface area contributed by atoms with E-state index in [1.165, 1.54) is 24.1 Å². The fourth-order valence-electron chi connectivity index (χ4n) is 1.98. The molecule has 1 atom stereocenters. The van der Waals surface area contributed by atoms with Gasteiger partial charge >= 0.3 is 0 Å². The van der Waals surface area contributed by atoms with Gasteiger partial charge in [-0.15, -0.1) is 0 Å². The monoisotopic (exact) mass is 209 g/mol. The predicted octanol–water partition coefficient (Wildman–Crippen LogP) is 3.64. The molecule has 0 bridgehead atoms. The first-order chi connectivity index (χ1) is 6.70. The van der Waals surface area contributed by atoms with Crippen LogP contribution in [0.15, 0.2) is 12.1 Å².